The fourth-order valence-electron chi connectivity index (χ4n) is 1.94. The van der Waals surface area contributed by atoms with Crippen molar-refractivity contribution in [1.82, 2.24) is 5.32 Å². The average Bonchev–Trinajstić information content (AvgIpc) is 3.11. The Morgan fingerprint density at radius 1 is 1.35 bits per heavy atom. The topological polar surface area (TPSA) is 21.3 Å². The van der Waals surface area contributed by atoms with E-state index in [1.54, 1.807) is 0 Å². The van der Waals surface area contributed by atoms with E-state index in [9.17, 15) is 0 Å². The molecule has 0 radical (unpaired) electrons. The van der Waals surface area contributed by atoms with E-state index in [1.165, 1.54) is 19.3 Å². The number of nitrogens with one attached hydrogen (secondary N) is 1. The summed E-state index contributed by atoms with van der Waals surface area (Å²) in [6.45, 7) is 3.92. The molecule has 1 aliphatic rings. The van der Waals surface area contributed by atoms with Gasteiger partial charge in [0.05, 0.1) is 0 Å². The molecule has 3 heteroatoms. The maximum atomic E-state index is 5.65. The van der Waals surface area contributed by atoms with Crippen LogP contribution < -0.4 is 10.1 Å². The van der Waals surface area contributed by atoms with Crippen LogP contribution in [-0.2, 0) is 0 Å². The van der Waals surface area contributed by atoms with Gasteiger partial charge in [0.1, 0.15) is 12.4 Å². The molecule has 1 atom stereocenters. The van der Waals surface area contributed by atoms with Crippen molar-refractivity contribution in [3.8, 4) is 5.75 Å². The number of halogens is 1. The molecule has 1 aromatic rings. The number of hydrogen-bond acceptors (Lipinski definition) is 2. The Labute approximate surface area is 112 Å². The van der Waals surface area contributed by atoms with E-state index in [2.05, 4.69) is 28.2 Å². The number of hydrogen-bond donors (Lipinski definition) is 1. The highest BCUT2D eigenvalue weighted by Gasteiger charge is 2.23. The molecule has 17 heavy (non-hydrogen) atoms. The summed E-state index contributed by atoms with van der Waals surface area (Å²) in [6.07, 6.45) is 4.18. The fraction of sp³-hybridized carbons (Fsp3) is 0.571. The summed E-state index contributed by atoms with van der Waals surface area (Å²) in [4.78, 5) is 0. The van der Waals surface area contributed by atoms with Crippen LogP contribution in [0.4, 0.5) is 0 Å². The number of benzene rings is 1. The molecule has 0 amide bonds. The van der Waals surface area contributed by atoms with Gasteiger partial charge in [-0.25, -0.2) is 0 Å². The first-order chi connectivity index (χ1) is 8.24. The molecular formula is C14H20BrNO. The van der Waals surface area contributed by atoms with Gasteiger partial charge in [0.15, 0.2) is 0 Å². The maximum Gasteiger partial charge on any atom is 0.119 e. The number of ether oxygens (including phenoxy) is 1. The lowest BCUT2D eigenvalue weighted by Crippen LogP contribution is -2.30. The Balaban J connectivity index is 1.57. The second-order valence-electron chi connectivity index (χ2n) is 4.84. The summed E-state index contributed by atoms with van der Waals surface area (Å²) in [5, 5.41) is 3.50. The van der Waals surface area contributed by atoms with E-state index in [0.29, 0.717) is 6.04 Å². The first kappa shape index (κ1) is 12.9. The second-order valence-corrected chi connectivity index (χ2v) is 5.75. The molecule has 1 aromatic carbocycles. The summed E-state index contributed by atoms with van der Waals surface area (Å²) >= 11 is 3.41. The summed E-state index contributed by atoms with van der Waals surface area (Å²) < 4.78 is 6.73. The summed E-state index contributed by atoms with van der Waals surface area (Å²) in [6, 6.07) is 8.59. The van der Waals surface area contributed by atoms with Crippen LogP contribution >= 0.6 is 15.9 Å². The Bertz CT molecular complexity index is 335. The Morgan fingerprint density at radius 2 is 2.06 bits per heavy atom. The van der Waals surface area contributed by atoms with E-state index in [-0.39, 0.29) is 0 Å². The smallest absolute Gasteiger partial charge is 0.119 e. The molecule has 1 fully saturated rings. The van der Waals surface area contributed by atoms with E-state index in [0.717, 1.165) is 29.3 Å². The minimum Gasteiger partial charge on any atom is -0.492 e. The molecule has 1 aliphatic carbocycles. The van der Waals surface area contributed by atoms with Crippen LogP contribution in [0.5, 0.6) is 5.75 Å². The molecule has 2 rings (SSSR count). The molecule has 0 saturated heterocycles. The molecule has 0 spiro atoms. The summed E-state index contributed by atoms with van der Waals surface area (Å²) in [5.41, 5.74) is 0. The standard InChI is InChI=1S/C14H20BrNO/c1-11(10-12-2-3-12)16-8-9-17-14-6-4-13(15)5-7-14/h4-7,11-12,16H,2-3,8-10H2,1H3. The van der Waals surface area contributed by atoms with Gasteiger partial charge < -0.3 is 10.1 Å². The fourth-order valence-corrected chi connectivity index (χ4v) is 2.21. The Kier molecular flexibility index (Phi) is 4.86. The van der Waals surface area contributed by atoms with Gasteiger partial charge in [-0.2, -0.15) is 0 Å². The molecule has 0 bridgehead atoms. The lowest BCUT2D eigenvalue weighted by molar-refractivity contribution is 0.303. The van der Waals surface area contributed by atoms with Crippen LogP contribution in [0.2, 0.25) is 0 Å². The van der Waals surface area contributed by atoms with E-state index in [1.807, 2.05) is 24.3 Å². The van der Waals surface area contributed by atoms with Crippen LogP contribution in [0, 0.1) is 5.92 Å². The zero-order valence-electron chi connectivity index (χ0n) is 10.3. The molecule has 0 aliphatic heterocycles. The molecule has 0 heterocycles. The SMILES string of the molecule is CC(CC1CC1)NCCOc1ccc(Br)cc1. The van der Waals surface area contributed by atoms with Crippen molar-refractivity contribution in [3.05, 3.63) is 28.7 Å². The van der Waals surface area contributed by atoms with E-state index >= 15 is 0 Å². The van der Waals surface area contributed by atoms with Gasteiger partial charge in [-0.05, 0) is 43.5 Å². The highest BCUT2D eigenvalue weighted by molar-refractivity contribution is 9.10. The van der Waals surface area contributed by atoms with Gasteiger partial charge in [-0.15, -0.1) is 0 Å². The first-order valence-corrected chi connectivity index (χ1v) is 7.15. The van der Waals surface area contributed by atoms with Crippen LogP contribution in [0.25, 0.3) is 0 Å². The maximum absolute atomic E-state index is 5.65. The minimum absolute atomic E-state index is 0.621. The molecular weight excluding hydrogens is 278 g/mol. The average molecular weight is 298 g/mol. The van der Waals surface area contributed by atoms with Gasteiger partial charge in [-0.1, -0.05) is 28.8 Å². The van der Waals surface area contributed by atoms with Crippen molar-refractivity contribution in [3.63, 3.8) is 0 Å². The van der Waals surface area contributed by atoms with Crippen LogP contribution in [0.3, 0.4) is 0 Å². The van der Waals surface area contributed by atoms with Gasteiger partial charge in [0.25, 0.3) is 0 Å². The molecule has 1 N–H and O–H groups in total. The van der Waals surface area contributed by atoms with Crippen LogP contribution in [-0.4, -0.2) is 19.2 Å². The first-order valence-electron chi connectivity index (χ1n) is 6.36. The Morgan fingerprint density at radius 3 is 2.71 bits per heavy atom. The van der Waals surface area contributed by atoms with Crippen molar-refractivity contribution in [2.75, 3.05) is 13.2 Å². The highest BCUT2D eigenvalue weighted by atomic mass is 79.9. The minimum atomic E-state index is 0.621. The third-order valence-corrected chi connectivity index (χ3v) is 3.59. The lowest BCUT2D eigenvalue weighted by atomic mass is 10.2. The van der Waals surface area contributed by atoms with Crippen molar-refractivity contribution < 1.29 is 4.74 Å². The van der Waals surface area contributed by atoms with Crippen molar-refractivity contribution in [2.45, 2.75) is 32.2 Å². The molecule has 94 valence electrons. The largest absolute Gasteiger partial charge is 0.492 e. The van der Waals surface area contributed by atoms with Crippen LogP contribution in [0.15, 0.2) is 28.7 Å². The Hall–Kier alpha value is -0.540. The van der Waals surface area contributed by atoms with Gasteiger partial charge >= 0.3 is 0 Å². The third kappa shape index (κ3) is 5.09. The second kappa shape index (κ2) is 6.41. The van der Waals surface area contributed by atoms with Gasteiger partial charge in [-0.3, -0.25) is 0 Å². The zero-order chi connectivity index (χ0) is 12.1. The lowest BCUT2D eigenvalue weighted by Gasteiger charge is -2.13. The third-order valence-electron chi connectivity index (χ3n) is 3.06. The van der Waals surface area contributed by atoms with E-state index < -0.39 is 0 Å². The summed E-state index contributed by atoms with van der Waals surface area (Å²) in [5.74, 6) is 1.93. The molecule has 1 saturated carbocycles. The van der Waals surface area contributed by atoms with Crippen molar-refractivity contribution in [1.29, 1.82) is 0 Å². The van der Waals surface area contributed by atoms with Crippen LogP contribution in [0.1, 0.15) is 26.2 Å². The molecule has 0 aromatic heterocycles. The van der Waals surface area contributed by atoms with Gasteiger partial charge in [0, 0.05) is 17.1 Å². The number of rotatable bonds is 7. The quantitative estimate of drug-likeness (QED) is 0.777. The van der Waals surface area contributed by atoms with E-state index in [4.69, 9.17) is 4.74 Å². The molecule has 1 unspecified atom stereocenters. The highest BCUT2D eigenvalue weighted by Crippen LogP contribution is 2.33. The molecule has 2 nitrogen and oxygen atoms in total. The van der Waals surface area contributed by atoms with Gasteiger partial charge in [0.2, 0.25) is 0 Å². The predicted octanol–water partition coefficient (Wildman–Crippen LogP) is 3.61. The summed E-state index contributed by atoms with van der Waals surface area (Å²) in [7, 11) is 0. The predicted molar refractivity (Wildman–Crippen MR) is 74.4 cm³/mol. The zero-order valence-corrected chi connectivity index (χ0v) is 11.9. The van der Waals surface area contributed by atoms with Crippen molar-refractivity contribution in [2.24, 2.45) is 5.92 Å². The normalized spacial score (nSPS) is 16.8. The monoisotopic (exact) mass is 297 g/mol. The van der Waals surface area contributed by atoms with Crippen molar-refractivity contribution >= 4 is 15.9 Å².